The smallest absolute Gasteiger partial charge is 0.308 e. The van der Waals surface area contributed by atoms with Gasteiger partial charge in [0.05, 0.1) is 18.6 Å². The molecule has 3 heteroatoms. The lowest BCUT2D eigenvalue weighted by atomic mass is 10.3. The van der Waals surface area contributed by atoms with E-state index in [4.69, 9.17) is 9.84 Å². The third-order valence-corrected chi connectivity index (χ3v) is 1.37. The fraction of sp³-hybridized carbons (Fsp3) is 0.875. The summed E-state index contributed by atoms with van der Waals surface area (Å²) >= 11 is 0. The van der Waals surface area contributed by atoms with Crippen LogP contribution in [0.4, 0.5) is 0 Å². The summed E-state index contributed by atoms with van der Waals surface area (Å²) in [6.07, 6.45) is 0.253. The Morgan fingerprint density at radius 1 is 1.55 bits per heavy atom. The normalized spacial score (nSPS) is 15.6. The van der Waals surface area contributed by atoms with E-state index in [-0.39, 0.29) is 18.5 Å². The molecule has 3 nitrogen and oxygen atoms in total. The summed E-state index contributed by atoms with van der Waals surface area (Å²) < 4.78 is 4.91. The van der Waals surface area contributed by atoms with Gasteiger partial charge in [0, 0.05) is 0 Å². The van der Waals surface area contributed by atoms with Gasteiger partial charge in [-0.3, -0.25) is 4.79 Å². The zero-order chi connectivity index (χ0) is 8.85. The summed E-state index contributed by atoms with van der Waals surface area (Å²) in [5, 5.41) is 8.81. The number of hydrogen-bond donors (Lipinski definition) is 1. The van der Waals surface area contributed by atoms with Crippen LogP contribution >= 0.6 is 0 Å². The van der Waals surface area contributed by atoms with Crippen molar-refractivity contribution < 1.29 is 14.6 Å². The van der Waals surface area contributed by atoms with Crippen LogP contribution in [0.3, 0.4) is 0 Å². The largest absolute Gasteiger partial charge is 0.463 e. The van der Waals surface area contributed by atoms with Crippen molar-refractivity contribution in [1.82, 2.24) is 0 Å². The maximum Gasteiger partial charge on any atom is 0.308 e. The van der Waals surface area contributed by atoms with Gasteiger partial charge in [0.1, 0.15) is 0 Å². The molecule has 0 fully saturated rings. The van der Waals surface area contributed by atoms with E-state index in [0.717, 1.165) is 6.42 Å². The highest BCUT2D eigenvalue weighted by Gasteiger charge is 2.09. The minimum atomic E-state index is -0.605. The lowest BCUT2D eigenvalue weighted by molar-refractivity contribution is -0.150. The van der Waals surface area contributed by atoms with E-state index in [0.29, 0.717) is 0 Å². The fourth-order valence-corrected chi connectivity index (χ4v) is 0.597. The molecule has 0 aromatic rings. The molecule has 0 aliphatic heterocycles. The highest BCUT2D eigenvalue weighted by atomic mass is 16.5. The summed E-state index contributed by atoms with van der Waals surface area (Å²) in [7, 11) is 0. The standard InChI is InChI=1S/C8H16O3/c1-4-7(3)11-8(10)5-6(2)9/h6-7,9H,4-5H2,1-3H3/t6-,7?/m1/s1. The van der Waals surface area contributed by atoms with E-state index in [1.807, 2.05) is 13.8 Å². The molecule has 0 radical (unpaired) electrons. The SMILES string of the molecule is CCC(C)OC(=O)C[C@@H](C)O. The number of aliphatic hydroxyl groups is 1. The quantitative estimate of drug-likeness (QED) is 0.626. The second-order valence-electron chi connectivity index (χ2n) is 2.76. The van der Waals surface area contributed by atoms with Gasteiger partial charge in [0.25, 0.3) is 0 Å². The summed E-state index contributed by atoms with van der Waals surface area (Å²) in [6.45, 7) is 5.35. The third kappa shape index (κ3) is 5.85. The maximum absolute atomic E-state index is 10.8. The Kier molecular flexibility index (Phi) is 4.86. The van der Waals surface area contributed by atoms with E-state index in [2.05, 4.69) is 0 Å². The number of aliphatic hydroxyl groups excluding tert-OH is 1. The average molecular weight is 160 g/mol. The second kappa shape index (κ2) is 5.13. The zero-order valence-electron chi connectivity index (χ0n) is 7.33. The van der Waals surface area contributed by atoms with E-state index >= 15 is 0 Å². The first-order valence-electron chi connectivity index (χ1n) is 3.93. The second-order valence-corrected chi connectivity index (χ2v) is 2.76. The van der Waals surface area contributed by atoms with Gasteiger partial charge in [0.2, 0.25) is 0 Å². The predicted octanol–water partition coefficient (Wildman–Crippen LogP) is 1.10. The van der Waals surface area contributed by atoms with Crippen LogP contribution in [-0.2, 0) is 9.53 Å². The zero-order valence-corrected chi connectivity index (χ0v) is 7.33. The monoisotopic (exact) mass is 160 g/mol. The van der Waals surface area contributed by atoms with Crippen LogP contribution in [0.1, 0.15) is 33.6 Å². The summed E-state index contributed by atoms with van der Waals surface area (Å²) in [4.78, 5) is 10.8. The lowest BCUT2D eigenvalue weighted by Crippen LogP contribution is -2.17. The van der Waals surface area contributed by atoms with Gasteiger partial charge in [0.15, 0.2) is 0 Å². The van der Waals surface area contributed by atoms with Crippen molar-refractivity contribution in [3.05, 3.63) is 0 Å². The molecule has 66 valence electrons. The first kappa shape index (κ1) is 10.4. The van der Waals surface area contributed by atoms with Crippen LogP contribution in [0.25, 0.3) is 0 Å². The van der Waals surface area contributed by atoms with Crippen molar-refractivity contribution in [2.75, 3.05) is 0 Å². The summed E-state index contributed by atoms with van der Waals surface area (Å²) in [6, 6.07) is 0. The van der Waals surface area contributed by atoms with E-state index < -0.39 is 6.10 Å². The van der Waals surface area contributed by atoms with Gasteiger partial charge in [-0.05, 0) is 20.3 Å². The van der Waals surface area contributed by atoms with Gasteiger partial charge in [-0.1, -0.05) is 6.92 Å². The summed E-state index contributed by atoms with van der Waals surface area (Å²) in [5.41, 5.74) is 0. The minimum Gasteiger partial charge on any atom is -0.463 e. The van der Waals surface area contributed by atoms with Crippen LogP contribution in [-0.4, -0.2) is 23.3 Å². The highest BCUT2D eigenvalue weighted by molar-refractivity contribution is 5.70. The van der Waals surface area contributed by atoms with Crippen LogP contribution in [0.15, 0.2) is 0 Å². The minimum absolute atomic E-state index is 0.0405. The van der Waals surface area contributed by atoms with Crippen molar-refractivity contribution in [2.24, 2.45) is 0 Å². The topological polar surface area (TPSA) is 46.5 Å². The first-order chi connectivity index (χ1) is 5.06. The molecule has 0 aromatic heterocycles. The number of carbonyl (C=O) groups excluding carboxylic acids is 1. The van der Waals surface area contributed by atoms with Crippen LogP contribution in [0, 0.1) is 0 Å². The number of rotatable bonds is 4. The number of ether oxygens (including phenoxy) is 1. The van der Waals surface area contributed by atoms with Crippen LogP contribution < -0.4 is 0 Å². The number of esters is 1. The van der Waals surface area contributed by atoms with Crippen molar-refractivity contribution >= 4 is 5.97 Å². The molecule has 11 heavy (non-hydrogen) atoms. The molecule has 0 aromatic carbocycles. The van der Waals surface area contributed by atoms with Gasteiger partial charge in [-0.25, -0.2) is 0 Å². The van der Waals surface area contributed by atoms with E-state index in [1.54, 1.807) is 6.92 Å². The Bertz CT molecular complexity index is 121. The highest BCUT2D eigenvalue weighted by Crippen LogP contribution is 2.00. The Labute approximate surface area is 67.4 Å². The molecule has 0 spiro atoms. The Morgan fingerprint density at radius 3 is 2.45 bits per heavy atom. The van der Waals surface area contributed by atoms with Crippen molar-refractivity contribution in [2.45, 2.75) is 45.8 Å². The fourth-order valence-electron chi connectivity index (χ4n) is 0.597. The van der Waals surface area contributed by atoms with E-state index in [9.17, 15) is 4.79 Å². The third-order valence-electron chi connectivity index (χ3n) is 1.37. The summed E-state index contributed by atoms with van der Waals surface area (Å²) in [5.74, 6) is -0.325. The average Bonchev–Trinajstić information content (AvgIpc) is 1.85. The Balaban J connectivity index is 3.52. The lowest BCUT2D eigenvalue weighted by Gasteiger charge is -2.11. The van der Waals surface area contributed by atoms with E-state index in [1.165, 1.54) is 0 Å². The first-order valence-corrected chi connectivity index (χ1v) is 3.93. The predicted molar refractivity (Wildman–Crippen MR) is 42.1 cm³/mol. The Hall–Kier alpha value is -0.570. The molecule has 0 saturated heterocycles. The molecule has 0 bridgehead atoms. The van der Waals surface area contributed by atoms with Crippen LogP contribution in [0.5, 0.6) is 0 Å². The molecule has 0 amide bonds. The molecule has 2 atom stereocenters. The van der Waals surface area contributed by atoms with Crippen molar-refractivity contribution in [1.29, 1.82) is 0 Å². The number of carbonyl (C=O) groups is 1. The van der Waals surface area contributed by atoms with Crippen LogP contribution in [0.2, 0.25) is 0 Å². The molecule has 0 aliphatic rings. The maximum atomic E-state index is 10.8. The van der Waals surface area contributed by atoms with Gasteiger partial charge < -0.3 is 9.84 Å². The van der Waals surface area contributed by atoms with Crippen molar-refractivity contribution in [3.8, 4) is 0 Å². The number of hydrogen-bond acceptors (Lipinski definition) is 3. The molecule has 0 heterocycles. The molecule has 0 saturated carbocycles. The van der Waals surface area contributed by atoms with Gasteiger partial charge in [-0.15, -0.1) is 0 Å². The molecule has 1 unspecified atom stereocenters. The van der Waals surface area contributed by atoms with Crippen molar-refractivity contribution in [3.63, 3.8) is 0 Å². The van der Waals surface area contributed by atoms with Gasteiger partial charge in [-0.2, -0.15) is 0 Å². The molecule has 0 rings (SSSR count). The Morgan fingerprint density at radius 2 is 2.09 bits per heavy atom. The molecule has 0 aliphatic carbocycles. The van der Waals surface area contributed by atoms with Gasteiger partial charge >= 0.3 is 5.97 Å². The molecular formula is C8H16O3. The molecular weight excluding hydrogens is 144 g/mol. The molecule has 1 N–H and O–H groups in total.